The van der Waals surface area contributed by atoms with E-state index in [1.165, 1.54) is 12.1 Å². The van der Waals surface area contributed by atoms with Crippen LogP contribution in [0.5, 0.6) is 0 Å². The van der Waals surface area contributed by atoms with Crippen molar-refractivity contribution in [1.82, 2.24) is 9.80 Å². The molecule has 2 fully saturated rings. The van der Waals surface area contributed by atoms with Crippen molar-refractivity contribution >= 4 is 29.3 Å². The van der Waals surface area contributed by atoms with Gasteiger partial charge in [-0.15, -0.1) is 0 Å². The van der Waals surface area contributed by atoms with E-state index < -0.39 is 23.1 Å². The zero-order valence-corrected chi connectivity index (χ0v) is 22.2. The molecule has 0 spiro atoms. The Labute approximate surface area is 221 Å². The van der Waals surface area contributed by atoms with Gasteiger partial charge in [0.2, 0.25) is 0 Å². The largest absolute Gasteiger partial charge is 0.443 e. The predicted octanol–water partition coefficient (Wildman–Crippen LogP) is 4.58. The van der Waals surface area contributed by atoms with Crippen LogP contribution >= 0.6 is 11.6 Å². The summed E-state index contributed by atoms with van der Waals surface area (Å²) in [5, 5.41) is 11.4. The Kier molecular flexibility index (Phi) is 6.71. The molecule has 3 heterocycles. The summed E-state index contributed by atoms with van der Waals surface area (Å²) in [5.74, 6) is -0.537. The lowest BCUT2D eigenvalue weighted by Crippen LogP contribution is -2.60. The molecule has 0 aliphatic carbocycles. The number of piperazine rings is 1. The van der Waals surface area contributed by atoms with Crippen molar-refractivity contribution in [1.29, 1.82) is 0 Å². The monoisotopic (exact) mass is 529 g/mol. The Hall–Kier alpha value is -2.68. The van der Waals surface area contributed by atoms with Crippen LogP contribution in [0.15, 0.2) is 36.4 Å². The Morgan fingerprint density at radius 2 is 1.95 bits per heavy atom. The average Bonchev–Trinajstić information content (AvgIpc) is 3.28. The van der Waals surface area contributed by atoms with Crippen LogP contribution in [0.2, 0.25) is 5.02 Å². The average molecular weight is 530 g/mol. The lowest BCUT2D eigenvalue weighted by Gasteiger charge is -2.49. The first-order chi connectivity index (χ1) is 17.4. The molecule has 2 aromatic carbocycles. The van der Waals surface area contributed by atoms with Crippen LogP contribution in [-0.2, 0) is 16.8 Å². The minimum Gasteiger partial charge on any atom is -0.443 e. The van der Waals surface area contributed by atoms with Gasteiger partial charge in [-0.05, 0) is 75.4 Å². The maximum atomic E-state index is 13.6. The van der Waals surface area contributed by atoms with Gasteiger partial charge in [-0.2, -0.15) is 0 Å². The standard InChI is InChI=1S/C28H33ClFN3O4/c1-27(2,3)37-26(35)33-12-10-20-21(5-4-6-24(20)33)25(34)31-13-14-32-17-28(36,11-9-19(32)16-31)18-7-8-23(30)22(29)15-18/h4-8,15,19,36H,9-14,16-17H2,1-3H3/t19-,28-/m1/s1. The highest BCUT2D eigenvalue weighted by atomic mass is 35.5. The Bertz CT molecular complexity index is 1230. The molecule has 0 radical (unpaired) electrons. The number of amides is 2. The molecule has 9 heteroatoms. The molecule has 1 N–H and O–H groups in total. The Balaban J connectivity index is 1.28. The maximum Gasteiger partial charge on any atom is 0.414 e. The molecule has 2 atom stereocenters. The fourth-order valence-corrected chi connectivity index (χ4v) is 5.89. The number of aliphatic hydroxyl groups is 1. The number of anilines is 1. The molecule has 0 aromatic heterocycles. The normalized spacial score (nSPS) is 24.0. The summed E-state index contributed by atoms with van der Waals surface area (Å²) in [7, 11) is 0. The number of ether oxygens (including phenoxy) is 1. The number of nitrogens with zero attached hydrogens (tertiary/aromatic N) is 3. The summed E-state index contributed by atoms with van der Waals surface area (Å²) >= 11 is 5.97. The number of benzene rings is 2. The van der Waals surface area contributed by atoms with E-state index in [-0.39, 0.29) is 17.0 Å². The molecule has 2 aromatic rings. The number of carbonyl (C=O) groups is 2. The molecule has 37 heavy (non-hydrogen) atoms. The third-order valence-electron chi connectivity index (χ3n) is 7.58. The number of carbonyl (C=O) groups excluding carboxylic acids is 2. The van der Waals surface area contributed by atoms with E-state index in [2.05, 4.69) is 4.90 Å². The summed E-state index contributed by atoms with van der Waals surface area (Å²) in [6.45, 7) is 8.14. The molecule has 3 aliphatic rings. The summed E-state index contributed by atoms with van der Waals surface area (Å²) in [5.41, 5.74) is 1.16. The van der Waals surface area contributed by atoms with Crippen molar-refractivity contribution in [3.8, 4) is 0 Å². The second kappa shape index (κ2) is 9.57. The first-order valence-corrected chi connectivity index (χ1v) is 13.2. The van der Waals surface area contributed by atoms with Gasteiger partial charge in [0, 0.05) is 44.3 Å². The molecule has 2 amide bonds. The van der Waals surface area contributed by atoms with E-state index in [1.54, 1.807) is 11.0 Å². The van der Waals surface area contributed by atoms with E-state index >= 15 is 0 Å². The van der Waals surface area contributed by atoms with Gasteiger partial charge in [-0.25, -0.2) is 9.18 Å². The number of halogens is 2. The lowest BCUT2D eigenvalue weighted by molar-refractivity contribution is -0.0740. The van der Waals surface area contributed by atoms with Crippen molar-refractivity contribution in [2.75, 3.05) is 37.6 Å². The Morgan fingerprint density at radius 3 is 2.68 bits per heavy atom. The van der Waals surface area contributed by atoms with Gasteiger partial charge in [0.15, 0.2) is 0 Å². The van der Waals surface area contributed by atoms with Crippen LogP contribution in [0.25, 0.3) is 0 Å². The van der Waals surface area contributed by atoms with Gasteiger partial charge < -0.3 is 14.7 Å². The van der Waals surface area contributed by atoms with E-state index in [0.717, 1.165) is 11.3 Å². The smallest absolute Gasteiger partial charge is 0.414 e. The van der Waals surface area contributed by atoms with Crippen LogP contribution in [0, 0.1) is 5.82 Å². The number of hydrogen-bond acceptors (Lipinski definition) is 5. The Morgan fingerprint density at radius 1 is 1.16 bits per heavy atom. The van der Waals surface area contributed by atoms with Gasteiger partial charge in [0.1, 0.15) is 17.0 Å². The summed E-state index contributed by atoms with van der Waals surface area (Å²) in [6.07, 6.45) is 1.41. The molecular formula is C28H33ClFN3O4. The summed E-state index contributed by atoms with van der Waals surface area (Å²) in [4.78, 5) is 32.0. The maximum absolute atomic E-state index is 13.6. The highest BCUT2D eigenvalue weighted by molar-refractivity contribution is 6.30. The first kappa shape index (κ1) is 25.9. The molecule has 0 unspecified atom stereocenters. The first-order valence-electron chi connectivity index (χ1n) is 12.8. The van der Waals surface area contributed by atoms with Gasteiger partial charge in [0.05, 0.1) is 10.7 Å². The topological polar surface area (TPSA) is 73.3 Å². The lowest BCUT2D eigenvalue weighted by atomic mass is 9.82. The third kappa shape index (κ3) is 5.07. The van der Waals surface area contributed by atoms with Crippen molar-refractivity contribution in [2.45, 2.75) is 57.3 Å². The fraction of sp³-hybridized carbons (Fsp3) is 0.500. The van der Waals surface area contributed by atoms with Crippen molar-refractivity contribution in [2.24, 2.45) is 0 Å². The third-order valence-corrected chi connectivity index (χ3v) is 7.87. The van der Waals surface area contributed by atoms with Crippen LogP contribution in [-0.4, -0.2) is 71.3 Å². The minimum atomic E-state index is -1.11. The number of piperidine rings is 1. The molecule has 198 valence electrons. The molecule has 2 saturated heterocycles. The minimum absolute atomic E-state index is 0.00379. The zero-order valence-electron chi connectivity index (χ0n) is 21.5. The number of hydrogen-bond donors (Lipinski definition) is 1. The van der Waals surface area contributed by atoms with Crippen LogP contribution < -0.4 is 4.90 Å². The molecule has 5 rings (SSSR count). The summed E-state index contributed by atoms with van der Waals surface area (Å²) in [6, 6.07) is 10.0. The molecule has 7 nitrogen and oxygen atoms in total. The molecular weight excluding hydrogens is 497 g/mol. The van der Waals surface area contributed by atoms with Gasteiger partial charge in [0.25, 0.3) is 5.91 Å². The molecule has 3 aliphatic heterocycles. The van der Waals surface area contributed by atoms with Crippen LogP contribution in [0.1, 0.15) is 55.1 Å². The van der Waals surface area contributed by atoms with Crippen molar-refractivity contribution in [3.05, 3.63) is 63.9 Å². The highest BCUT2D eigenvalue weighted by Crippen LogP contribution is 2.38. The van der Waals surface area contributed by atoms with Crippen molar-refractivity contribution < 1.29 is 23.8 Å². The van der Waals surface area contributed by atoms with Crippen molar-refractivity contribution in [3.63, 3.8) is 0 Å². The van der Waals surface area contributed by atoms with E-state index in [9.17, 15) is 19.1 Å². The van der Waals surface area contributed by atoms with E-state index in [4.69, 9.17) is 16.3 Å². The second-order valence-corrected chi connectivity index (χ2v) is 11.7. The van der Waals surface area contributed by atoms with Crippen LogP contribution in [0.4, 0.5) is 14.9 Å². The highest BCUT2D eigenvalue weighted by Gasteiger charge is 2.43. The molecule has 0 bridgehead atoms. The quantitative estimate of drug-likeness (QED) is 0.616. The van der Waals surface area contributed by atoms with Gasteiger partial charge in [-0.1, -0.05) is 23.7 Å². The number of rotatable bonds is 2. The second-order valence-electron chi connectivity index (χ2n) is 11.3. The van der Waals surface area contributed by atoms with E-state index in [1.807, 2.05) is 43.9 Å². The molecule has 0 saturated carbocycles. The van der Waals surface area contributed by atoms with E-state index in [0.29, 0.717) is 63.1 Å². The zero-order chi connectivity index (χ0) is 26.5. The fourth-order valence-electron chi connectivity index (χ4n) is 5.71. The van der Waals surface area contributed by atoms with Crippen LogP contribution in [0.3, 0.4) is 0 Å². The SMILES string of the molecule is CC(C)(C)OC(=O)N1CCc2c(C(=O)N3CCN4C[C@@](O)(c5ccc(F)c(Cl)c5)CC[C@@H]4C3)cccc21. The predicted molar refractivity (Wildman–Crippen MR) is 140 cm³/mol. The van der Waals surface area contributed by atoms with Gasteiger partial charge >= 0.3 is 6.09 Å². The number of fused-ring (bicyclic) bond motifs is 2. The van der Waals surface area contributed by atoms with Gasteiger partial charge in [-0.3, -0.25) is 14.6 Å². The summed E-state index contributed by atoms with van der Waals surface area (Å²) < 4.78 is 19.2.